The molecule has 0 radical (unpaired) electrons. The number of aliphatic carboxylic acids is 1. The Hall–Kier alpha value is -4.63. The molecule has 3 aromatic rings. The van der Waals surface area contributed by atoms with Gasteiger partial charge in [-0.1, -0.05) is 5.16 Å². The predicted octanol–water partition coefficient (Wildman–Crippen LogP) is 0.485. The number of oxime groups is 1. The minimum absolute atomic E-state index is 0.0595. The van der Waals surface area contributed by atoms with Gasteiger partial charge in [0.05, 0.1) is 45.3 Å². The molecule has 1 aliphatic rings. The summed E-state index contributed by atoms with van der Waals surface area (Å²) in [7, 11) is 1.27. The molecule has 1 fully saturated rings. The van der Waals surface area contributed by atoms with Gasteiger partial charge in [0.2, 0.25) is 0 Å². The minimum atomic E-state index is -5.02. The number of amides is 2. The first-order chi connectivity index (χ1) is 21.8. The number of nitrogens with two attached hydrogens (primary N) is 1. The summed E-state index contributed by atoms with van der Waals surface area (Å²) in [5, 5.41) is 21.7. The van der Waals surface area contributed by atoms with E-state index < -0.39 is 58.2 Å². The fourth-order valence-electron chi connectivity index (χ4n) is 4.27. The van der Waals surface area contributed by atoms with Gasteiger partial charge in [0.1, 0.15) is 29.9 Å². The van der Waals surface area contributed by atoms with Crippen molar-refractivity contribution in [1.82, 2.24) is 20.3 Å². The molecule has 47 heavy (non-hydrogen) atoms. The van der Waals surface area contributed by atoms with E-state index in [2.05, 4.69) is 51.2 Å². The van der Waals surface area contributed by atoms with E-state index >= 15 is 0 Å². The lowest BCUT2D eigenvalue weighted by molar-refractivity contribution is -0.868. The third kappa shape index (κ3) is 9.01. The van der Waals surface area contributed by atoms with Gasteiger partial charge in [0.15, 0.2) is 10.8 Å². The molecular formula is C27H35N8O10S2+. The van der Waals surface area contributed by atoms with Crippen molar-refractivity contribution in [3.05, 3.63) is 41.4 Å². The quantitative estimate of drug-likeness (QED) is 0.0478. The molecule has 2 atom stereocenters. The van der Waals surface area contributed by atoms with Crippen LogP contribution in [-0.4, -0.2) is 120 Å². The number of anilines is 2. The maximum Gasteiger partial charge on any atom is 0.418 e. The Labute approximate surface area is 273 Å². The summed E-state index contributed by atoms with van der Waals surface area (Å²) in [6.07, 6.45) is -1.68. The molecular weight excluding hydrogens is 660 g/mol. The average molecular weight is 696 g/mol. The molecule has 0 bridgehead atoms. The highest BCUT2D eigenvalue weighted by Gasteiger charge is 2.58. The summed E-state index contributed by atoms with van der Waals surface area (Å²) in [5.74, 6) is -2.42. The number of carbonyl (C=O) groups excluding carboxylic acids is 2. The second-order valence-electron chi connectivity index (χ2n) is 11.9. The molecule has 1 saturated heterocycles. The number of hydrogen-bond donors (Lipinski definition) is 5. The number of benzene rings is 1. The van der Waals surface area contributed by atoms with Crippen LogP contribution in [0.2, 0.25) is 0 Å². The summed E-state index contributed by atoms with van der Waals surface area (Å²) in [6.45, 7) is 3.86. The van der Waals surface area contributed by atoms with Crippen LogP contribution in [0.1, 0.15) is 19.5 Å². The SMILES string of the molecule is CC1(C)C(NC(=O)C(=NOC(COc2ccc3nc(NCC[N+](C)(C)C)ccc3c2)C(=O)O)c2csc(N)n2)C(=O)N1OS(=O)(=O)O. The number of fused-ring (bicyclic) bond motifs is 1. The van der Waals surface area contributed by atoms with Crippen molar-refractivity contribution in [2.45, 2.75) is 31.5 Å². The van der Waals surface area contributed by atoms with Crippen LogP contribution < -0.4 is 21.1 Å². The molecule has 0 saturated carbocycles. The van der Waals surface area contributed by atoms with Crippen molar-refractivity contribution in [1.29, 1.82) is 0 Å². The minimum Gasteiger partial charge on any atom is -0.489 e. The summed E-state index contributed by atoms with van der Waals surface area (Å²) >= 11 is 0.960. The molecule has 20 heteroatoms. The fraction of sp³-hybridized carbons (Fsp3) is 0.407. The number of thiazole rings is 1. The molecule has 3 heterocycles. The monoisotopic (exact) mass is 695 g/mol. The molecule has 6 N–H and O–H groups in total. The van der Waals surface area contributed by atoms with Crippen molar-refractivity contribution >= 4 is 67.1 Å². The predicted molar refractivity (Wildman–Crippen MR) is 170 cm³/mol. The first kappa shape index (κ1) is 35.2. The van der Waals surface area contributed by atoms with Crippen LogP contribution in [0.15, 0.2) is 40.9 Å². The first-order valence-corrected chi connectivity index (χ1v) is 16.2. The van der Waals surface area contributed by atoms with E-state index in [1.807, 2.05) is 12.1 Å². The van der Waals surface area contributed by atoms with E-state index in [4.69, 9.17) is 19.9 Å². The van der Waals surface area contributed by atoms with Crippen LogP contribution >= 0.6 is 11.3 Å². The lowest BCUT2D eigenvalue weighted by Gasteiger charge is -2.50. The number of β-lactam (4-membered cyclic amide) rings is 1. The van der Waals surface area contributed by atoms with Crippen molar-refractivity contribution in [2.75, 3.05) is 51.9 Å². The molecule has 2 aromatic heterocycles. The number of nitrogen functional groups attached to an aromatic ring is 1. The topological polar surface area (TPSA) is 245 Å². The van der Waals surface area contributed by atoms with E-state index in [1.54, 1.807) is 18.2 Å². The summed E-state index contributed by atoms with van der Waals surface area (Å²) in [5.41, 5.74) is 4.36. The number of carbonyl (C=O) groups is 3. The molecule has 1 aromatic carbocycles. The second-order valence-corrected chi connectivity index (χ2v) is 13.8. The summed E-state index contributed by atoms with van der Waals surface area (Å²) in [6, 6.07) is 7.39. The maximum atomic E-state index is 13.2. The number of carboxylic acid groups (broad SMARTS) is 1. The summed E-state index contributed by atoms with van der Waals surface area (Å²) < 4.78 is 41.9. The smallest absolute Gasteiger partial charge is 0.418 e. The maximum absolute atomic E-state index is 13.2. The number of hydrogen-bond acceptors (Lipinski definition) is 14. The number of carboxylic acids is 1. The Balaban J connectivity index is 1.45. The zero-order valence-electron chi connectivity index (χ0n) is 26.0. The lowest BCUT2D eigenvalue weighted by atomic mass is 9.84. The van der Waals surface area contributed by atoms with Gasteiger partial charge in [0.25, 0.3) is 17.9 Å². The number of nitrogens with zero attached hydrogens (tertiary/aromatic N) is 5. The Morgan fingerprint density at radius 1 is 1.21 bits per heavy atom. The Kier molecular flexibility index (Phi) is 10.2. The summed E-state index contributed by atoms with van der Waals surface area (Å²) in [4.78, 5) is 51.5. The van der Waals surface area contributed by atoms with Crippen LogP contribution in [0, 0.1) is 0 Å². The van der Waals surface area contributed by atoms with Crippen LogP contribution in [0.4, 0.5) is 10.9 Å². The highest BCUT2D eigenvalue weighted by atomic mass is 32.3. The molecule has 4 rings (SSSR count). The van der Waals surface area contributed by atoms with Gasteiger partial charge in [0, 0.05) is 10.8 Å². The van der Waals surface area contributed by atoms with Gasteiger partial charge in [-0.3, -0.25) is 14.1 Å². The highest BCUT2D eigenvalue weighted by molar-refractivity contribution is 7.80. The Morgan fingerprint density at radius 3 is 2.53 bits per heavy atom. The van der Waals surface area contributed by atoms with Crippen molar-refractivity contribution in [3.63, 3.8) is 0 Å². The van der Waals surface area contributed by atoms with E-state index in [1.165, 1.54) is 19.2 Å². The molecule has 1 aliphatic heterocycles. The van der Waals surface area contributed by atoms with E-state index in [9.17, 15) is 27.9 Å². The van der Waals surface area contributed by atoms with Crippen LogP contribution in [0.25, 0.3) is 10.9 Å². The van der Waals surface area contributed by atoms with Crippen molar-refractivity contribution < 1.29 is 50.8 Å². The normalized spacial score (nSPS) is 17.1. The number of quaternary nitrogens is 1. The van der Waals surface area contributed by atoms with Crippen LogP contribution in [-0.2, 0) is 33.9 Å². The van der Waals surface area contributed by atoms with Gasteiger partial charge < -0.3 is 35.5 Å². The number of aromatic nitrogens is 2. The average Bonchev–Trinajstić information content (AvgIpc) is 3.40. The number of hydroxylamine groups is 2. The Bertz CT molecular complexity index is 1810. The largest absolute Gasteiger partial charge is 0.489 e. The zero-order valence-corrected chi connectivity index (χ0v) is 27.7. The van der Waals surface area contributed by atoms with Gasteiger partial charge in [-0.2, -0.15) is 13.5 Å². The zero-order chi connectivity index (χ0) is 34.7. The third-order valence-corrected chi connectivity index (χ3v) is 7.81. The number of rotatable bonds is 15. The van der Waals surface area contributed by atoms with Gasteiger partial charge in [-0.25, -0.2) is 14.8 Å². The number of likely N-dealkylation sites (N-methyl/N-ethyl adjacent to an activating group) is 1. The van der Waals surface area contributed by atoms with Gasteiger partial charge in [-0.05, 0) is 44.2 Å². The van der Waals surface area contributed by atoms with Gasteiger partial charge >= 0.3 is 16.4 Å². The van der Waals surface area contributed by atoms with Crippen LogP contribution in [0.3, 0.4) is 0 Å². The number of ether oxygens (including phenoxy) is 1. The highest BCUT2D eigenvalue weighted by Crippen LogP contribution is 2.33. The fourth-order valence-corrected chi connectivity index (χ4v) is 5.27. The molecule has 0 aliphatic carbocycles. The first-order valence-electron chi connectivity index (χ1n) is 13.9. The molecule has 2 amide bonds. The van der Waals surface area contributed by atoms with Crippen molar-refractivity contribution in [2.24, 2.45) is 5.16 Å². The molecule has 2 unspecified atom stereocenters. The Morgan fingerprint density at radius 2 is 1.94 bits per heavy atom. The number of nitrogens with one attached hydrogen (secondary N) is 2. The van der Waals surface area contributed by atoms with E-state index in [0.29, 0.717) is 22.1 Å². The molecule has 18 nitrogen and oxygen atoms in total. The number of pyridine rings is 1. The lowest BCUT2D eigenvalue weighted by Crippen LogP contribution is -2.76. The van der Waals surface area contributed by atoms with Crippen molar-refractivity contribution in [3.8, 4) is 5.75 Å². The second kappa shape index (κ2) is 13.6. The molecule has 0 spiro atoms. The van der Waals surface area contributed by atoms with Gasteiger partial charge in [-0.15, -0.1) is 15.6 Å². The van der Waals surface area contributed by atoms with Crippen LogP contribution in [0.5, 0.6) is 5.75 Å². The molecule has 254 valence electrons. The standard InChI is InChI=1S/C27H34N8O10S2/c1-27(2)22(24(37)34(27)45-47(40,41)42)32-23(36)21(18-14-46-26(28)31-18)33-44-19(25(38)39)13-43-16-7-8-17-15(12-16)6-9-20(30-17)29-10-11-35(3,4)5/h6-9,12,14,19,22H,10-11,13H2,1-5H3,(H5-,28,29,30,31,32,36,38,39,40,41,42)/p+1. The van der Waals surface area contributed by atoms with E-state index in [0.717, 1.165) is 34.3 Å². The third-order valence-electron chi connectivity index (χ3n) is 6.80. The van der Waals surface area contributed by atoms with E-state index in [-0.39, 0.29) is 10.8 Å².